The molecular formula is C14H19NO3. The lowest BCUT2D eigenvalue weighted by molar-refractivity contribution is 0.0915. The van der Waals surface area contributed by atoms with Crippen LogP contribution in [0.15, 0.2) is 18.2 Å². The van der Waals surface area contributed by atoms with Crippen LogP contribution in [0.3, 0.4) is 0 Å². The first-order valence-corrected chi connectivity index (χ1v) is 6.33. The number of hydrogen-bond donors (Lipinski definition) is 3. The number of carbonyl (C=O) groups is 1. The summed E-state index contributed by atoms with van der Waals surface area (Å²) >= 11 is 0. The first-order valence-electron chi connectivity index (χ1n) is 6.33. The van der Waals surface area contributed by atoms with Gasteiger partial charge in [-0.3, -0.25) is 4.79 Å². The maximum atomic E-state index is 12.1. The molecule has 0 saturated heterocycles. The maximum absolute atomic E-state index is 12.1. The number of rotatable bonds is 3. The van der Waals surface area contributed by atoms with E-state index in [0.717, 1.165) is 24.8 Å². The molecule has 4 heteroatoms. The van der Waals surface area contributed by atoms with Gasteiger partial charge in [0.05, 0.1) is 0 Å². The number of amides is 1. The van der Waals surface area contributed by atoms with E-state index in [1.54, 1.807) is 19.1 Å². The lowest BCUT2D eigenvalue weighted by Crippen LogP contribution is -2.38. The summed E-state index contributed by atoms with van der Waals surface area (Å²) in [4.78, 5) is 12.1. The van der Waals surface area contributed by atoms with Gasteiger partial charge in [0.15, 0.2) is 0 Å². The predicted octanol–water partition coefficient (Wildman–Crippen LogP) is 1.59. The van der Waals surface area contributed by atoms with E-state index in [2.05, 4.69) is 5.32 Å². The summed E-state index contributed by atoms with van der Waals surface area (Å²) in [6, 6.07) is 4.78. The second-order valence-corrected chi connectivity index (χ2v) is 4.95. The normalized spacial score (nSPS) is 23.0. The Morgan fingerprint density at radius 1 is 1.44 bits per heavy atom. The van der Waals surface area contributed by atoms with Gasteiger partial charge in [-0.15, -0.1) is 0 Å². The van der Waals surface area contributed by atoms with Gasteiger partial charge in [-0.1, -0.05) is 6.42 Å². The first-order chi connectivity index (χ1) is 8.61. The van der Waals surface area contributed by atoms with E-state index in [4.69, 9.17) is 0 Å². The molecule has 0 bridgehead atoms. The van der Waals surface area contributed by atoms with Crippen LogP contribution >= 0.6 is 0 Å². The first kappa shape index (κ1) is 12.9. The van der Waals surface area contributed by atoms with Crippen molar-refractivity contribution >= 4 is 5.91 Å². The average molecular weight is 249 g/mol. The number of phenols is 1. The summed E-state index contributed by atoms with van der Waals surface area (Å²) < 4.78 is 0. The molecule has 1 aromatic rings. The molecule has 0 heterocycles. The summed E-state index contributed by atoms with van der Waals surface area (Å²) in [5.74, 6) is 0.211. The third kappa shape index (κ3) is 2.64. The molecule has 1 saturated carbocycles. The zero-order valence-electron chi connectivity index (χ0n) is 10.5. The standard InChI is InChI=1S/C14H19NO3/c1-9-7-11(17)5-6-12(9)14(18)15-13-4-2-3-10(13)8-16/h5-7,10,13,16-17H,2-4,8H2,1H3,(H,15,18)/t10-,13+/m0/s1. The van der Waals surface area contributed by atoms with E-state index in [9.17, 15) is 15.0 Å². The Morgan fingerprint density at radius 2 is 2.22 bits per heavy atom. The van der Waals surface area contributed by atoms with Gasteiger partial charge in [-0.25, -0.2) is 0 Å². The van der Waals surface area contributed by atoms with Gasteiger partial charge >= 0.3 is 0 Å². The lowest BCUT2D eigenvalue weighted by atomic mass is 10.0. The molecule has 0 aliphatic heterocycles. The summed E-state index contributed by atoms with van der Waals surface area (Å²) in [7, 11) is 0. The molecule has 1 amide bonds. The molecule has 0 radical (unpaired) electrons. The van der Waals surface area contributed by atoms with Crippen molar-refractivity contribution in [3.8, 4) is 5.75 Å². The minimum atomic E-state index is -0.127. The molecule has 1 aromatic carbocycles. The van der Waals surface area contributed by atoms with Crippen molar-refractivity contribution in [1.82, 2.24) is 5.32 Å². The van der Waals surface area contributed by atoms with Gasteiger partial charge in [0, 0.05) is 24.1 Å². The number of hydrogen-bond acceptors (Lipinski definition) is 3. The van der Waals surface area contributed by atoms with Crippen LogP contribution in [0.1, 0.15) is 35.2 Å². The highest BCUT2D eigenvalue weighted by atomic mass is 16.3. The van der Waals surface area contributed by atoms with Crippen molar-refractivity contribution < 1.29 is 15.0 Å². The fourth-order valence-electron chi connectivity index (χ4n) is 2.59. The molecule has 0 aromatic heterocycles. The number of aliphatic hydroxyl groups is 1. The van der Waals surface area contributed by atoms with Gasteiger partial charge in [0.2, 0.25) is 0 Å². The Bertz CT molecular complexity index is 445. The molecule has 2 rings (SSSR count). The minimum Gasteiger partial charge on any atom is -0.508 e. The van der Waals surface area contributed by atoms with Crippen molar-refractivity contribution in [2.24, 2.45) is 5.92 Å². The molecular weight excluding hydrogens is 230 g/mol. The number of phenolic OH excluding ortho intramolecular Hbond substituents is 1. The molecule has 0 unspecified atom stereocenters. The highest BCUT2D eigenvalue weighted by Gasteiger charge is 2.28. The number of carbonyl (C=O) groups excluding carboxylic acids is 1. The number of aromatic hydroxyl groups is 1. The molecule has 1 fully saturated rings. The predicted molar refractivity (Wildman–Crippen MR) is 68.5 cm³/mol. The van der Waals surface area contributed by atoms with Crippen molar-refractivity contribution in [3.63, 3.8) is 0 Å². The molecule has 2 atom stereocenters. The van der Waals surface area contributed by atoms with Crippen molar-refractivity contribution in [1.29, 1.82) is 0 Å². The summed E-state index contributed by atoms with van der Waals surface area (Å²) in [6.45, 7) is 1.92. The van der Waals surface area contributed by atoms with Crippen LogP contribution < -0.4 is 5.32 Å². The molecule has 98 valence electrons. The maximum Gasteiger partial charge on any atom is 0.251 e. The smallest absolute Gasteiger partial charge is 0.251 e. The number of aryl methyl sites for hydroxylation is 1. The fourth-order valence-corrected chi connectivity index (χ4v) is 2.59. The van der Waals surface area contributed by atoms with Crippen LogP contribution in [0.2, 0.25) is 0 Å². The van der Waals surface area contributed by atoms with Crippen LogP contribution in [-0.2, 0) is 0 Å². The van der Waals surface area contributed by atoms with Crippen LogP contribution in [0.5, 0.6) is 5.75 Å². The Balaban J connectivity index is 2.07. The van der Waals surface area contributed by atoms with Crippen LogP contribution in [-0.4, -0.2) is 28.8 Å². The monoisotopic (exact) mass is 249 g/mol. The van der Waals surface area contributed by atoms with E-state index in [-0.39, 0.29) is 30.2 Å². The van der Waals surface area contributed by atoms with Gasteiger partial charge in [0.25, 0.3) is 5.91 Å². The quantitative estimate of drug-likeness (QED) is 0.762. The highest BCUT2D eigenvalue weighted by Crippen LogP contribution is 2.25. The molecule has 1 aliphatic carbocycles. The fraction of sp³-hybridized carbons (Fsp3) is 0.500. The number of benzene rings is 1. The zero-order chi connectivity index (χ0) is 13.1. The second kappa shape index (κ2) is 5.40. The van der Waals surface area contributed by atoms with Gasteiger partial charge in [-0.05, 0) is 43.5 Å². The summed E-state index contributed by atoms with van der Waals surface area (Å²) in [5.41, 5.74) is 1.34. The van der Waals surface area contributed by atoms with Crippen LogP contribution in [0.25, 0.3) is 0 Å². The van der Waals surface area contributed by atoms with Gasteiger partial charge in [-0.2, -0.15) is 0 Å². The summed E-state index contributed by atoms with van der Waals surface area (Å²) in [6.07, 6.45) is 2.94. The third-order valence-electron chi connectivity index (χ3n) is 3.66. The minimum absolute atomic E-state index is 0.0655. The van der Waals surface area contributed by atoms with Gasteiger partial charge in [0.1, 0.15) is 5.75 Å². The van der Waals surface area contributed by atoms with Crippen molar-refractivity contribution in [3.05, 3.63) is 29.3 Å². The zero-order valence-corrected chi connectivity index (χ0v) is 10.5. The van der Waals surface area contributed by atoms with Crippen LogP contribution in [0, 0.1) is 12.8 Å². The Morgan fingerprint density at radius 3 is 2.89 bits per heavy atom. The molecule has 4 nitrogen and oxygen atoms in total. The van der Waals surface area contributed by atoms with E-state index < -0.39 is 0 Å². The van der Waals surface area contributed by atoms with E-state index in [1.807, 2.05) is 0 Å². The van der Waals surface area contributed by atoms with Crippen molar-refractivity contribution in [2.45, 2.75) is 32.2 Å². The second-order valence-electron chi connectivity index (χ2n) is 4.95. The van der Waals surface area contributed by atoms with Crippen LogP contribution in [0.4, 0.5) is 0 Å². The Hall–Kier alpha value is -1.55. The topological polar surface area (TPSA) is 69.6 Å². The SMILES string of the molecule is Cc1cc(O)ccc1C(=O)N[C@@H]1CCC[C@H]1CO. The van der Waals surface area contributed by atoms with Crippen molar-refractivity contribution in [2.75, 3.05) is 6.61 Å². The molecule has 1 aliphatic rings. The summed E-state index contributed by atoms with van der Waals surface area (Å²) in [5, 5.41) is 21.5. The number of nitrogens with one attached hydrogen (secondary N) is 1. The average Bonchev–Trinajstić information content (AvgIpc) is 2.76. The molecule has 0 spiro atoms. The number of aliphatic hydroxyl groups excluding tert-OH is 1. The largest absolute Gasteiger partial charge is 0.508 e. The van der Waals surface area contributed by atoms with E-state index in [1.165, 1.54) is 6.07 Å². The Labute approximate surface area is 107 Å². The third-order valence-corrected chi connectivity index (χ3v) is 3.66. The van der Waals surface area contributed by atoms with E-state index >= 15 is 0 Å². The molecule has 3 N–H and O–H groups in total. The molecule has 18 heavy (non-hydrogen) atoms. The highest BCUT2D eigenvalue weighted by molar-refractivity contribution is 5.96. The Kier molecular flexibility index (Phi) is 3.87. The van der Waals surface area contributed by atoms with E-state index in [0.29, 0.717) is 5.56 Å². The lowest BCUT2D eigenvalue weighted by Gasteiger charge is -2.19. The van der Waals surface area contributed by atoms with Gasteiger partial charge < -0.3 is 15.5 Å².